The van der Waals surface area contributed by atoms with Gasteiger partial charge in [0.05, 0.1) is 12.7 Å². The zero-order chi connectivity index (χ0) is 26.4. The Kier molecular flexibility index (Phi) is 31.0. The molecular formula is C33H69NO2. The van der Waals surface area contributed by atoms with Gasteiger partial charge in [0.2, 0.25) is 0 Å². The lowest BCUT2D eigenvalue weighted by Gasteiger charge is -2.21. The number of aliphatic hydroxyl groups is 1. The smallest absolute Gasteiger partial charge is 0.0575 e. The third-order valence-electron chi connectivity index (χ3n) is 7.73. The van der Waals surface area contributed by atoms with E-state index in [0.29, 0.717) is 12.7 Å². The second-order valence-electron chi connectivity index (χ2n) is 11.4. The predicted molar refractivity (Wildman–Crippen MR) is 161 cm³/mol. The Morgan fingerprint density at radius 1 is 0.472 bits per heavy atom. The molecule has 0 aliphatic heterocycles. The Bertz CT molecular complexity index is 374. The summed E-state index contributed by atoms with van der Waals surface area (Å²) in [5, 5.41) is 9.33. The number of unbranched alkanes of at least 4 members (excludes halogenated alkanes) is 18. The van der Waals surface area contributed by atoms with Gasteiger partial charge in [0.25, 0.3) is 0 Å². The van der Waals surface area contributed by atoms with Crippen LogP contribution in [0, 0.1) is 0 Å². The summed E-state index contributed by atoms with van der Waals surface area (Å²) in [7, 11) is 0. The third-order valence-corrected chi connectivity index (χ3v) is 7.73. The Labute approximate surface area is 228 Å². The standard InChI is InChI=1S/C33H69NO2/c1-4-7-10-13-17-21-26-33(27-22-18-14-11-8-5-2)36-32-25-20-16-15-19-24-29-34(30-31-35)28-23-12-9-6-3/h33,35H,4-32H2,1-3H3. The summed E-state index contributed by atoms with van der Waals surface area (Å²) < 4.78 is 6.41. The van der Waals surface area contributed by atoms with Crippen molar-refractivity contribution < 1.29 is 9.84 Å². The summed E-state index contributed by atoms with van der Waals surface area (Å²) in [5.74, 6) is 0. The van der Waals surface area contributed by atoms with Crippen molar-refractivity contribution in [3.63, 3.8) is 0 Å². The minimum absolute atomic E-state index is 0.298. The van der Waals surface area contributed by atoms with Crippen molar-refractivity contribution >= 4 is 0 Å². The summed E-state index contributed by atoms with van der Waals surface area (Å²) in [6, 6.07) is 0. The van der Waals surface area contributed by atoms with Crippen molar-refractivity contribution in [2.24, 2.45) is 0 Å². The van der Waals surface area contributed by atoms with Crippen LogP contribution in [0.25, 0.3) is 0 Å². The quantitative estimate of drug-likeness (QED) is 0.0939. The van der Waals surface area contributed by atoms with Gasteiger partial charge in [-0.1, -0.05) is 143 Å². The highest BCUT2D eigenvalue weighted by atomic mass is 16.5. The topological polar surface area (TPSA) is 32.7 Å². The maximum Gasteiger partial charge on any atom is 0.0575 e. The van der Waals surface area contributed by atoms with Gasteiger partial charge in [-0.25, -0.2) is 0 Å². The number of nitrogens with zero attached hydrogens (tertiary/aromatic N) is 1. The lowest BCUT2D eigenvalue weighted by molar-refractivity contribution is 0.0357. The molecule has 0 bridgehead atoms. The molecule has 0 saturated carbocycles. The van der Waals surface area contributed by atoms with Crippen molar-refractivity contribution in [2.45, 2.75) is 181 Å². The first-order valence-electron chi connectivity index (χ1n) is 16.7. The summed E-state index contributed by atoms with van der Waals surface area (Å²) in [6.45, 7) is 11.3. The van der Waals surface area contributed by atoms with Crippen LogP contribution in [0.3, 0.4) is 0 Å². The molecule has 0 rings (SSSR count). The fourth-order valence-electron chi connectivity index (χ4n) is 5.25. The van der Waals surface area contributed by atoms with E-state index in [-0.39, 0.29) is 0 Å². The van der Waals surface area contributed by atoms with Crippen LogP contribution >= 0.6 is 0 Å². The first-order chi connectivity index (χ1) is 17.8. The van der Waals surface area contributed by atoms with Gasteiger partial charge in [0, 0.05) is 13.2 Å². The second-order valence-corrected chi connectivity index (χ2v) is 11.4. The van der Waals surface area contributed by atoms with Gasteiger partial charge >= 0.3 is 0 Å². The number of hydrogen-bond acceptors (Lipinski definition) is 3. The fourth-order valence-corrected chi connectivity index (χ4v) is 5.25. The molecule has 0 atom stereocenters. The van der Waals surface area contributed by atoms with Crippen LogP contribution in [0.1, 0.15) is 175 Å². The summed E-state index contributed by atoms with van der Waals surface area (Å²) >= 11 is 0. The maximum absolute atomic E-state index is 9.33. The number of ether oxygens (including phenoxy) is 1. The average molecular weight is 512 g/mol. The molecule has 0 fully saturated rings. The minimum Gasteiger partial charge on any atom is -0.395 e. The fraction of sp³-hybridized carbons (Fsp3) is 1.00. The van der Waals surface area contributed by atoms with E-state index in [0.717, 1.165) is 26.2 Å². The third kappa shape index (κ3) is 26.9. The average Bonchev–Trinajstić information content (AvgIpc) is 2.88. The van der Waals surface area contributed by atoms with Crippen molar-refractivity contribution in [3.8, 4) is 0 Å². The second kappa shape index (κ2) is 31.1. The van der Waals surface area contributed by atoms with Crippen LogP contribution in [0.15, 0.2) is 0 Å². The molecule has 0 saturated heterocycles. The Balaban J connectivity index is 3.87. The molecule has 0 aliphatic rings. The summed E-state index contributed by atoms with van der Waals surface area (Å²) in [5.41, 5.74) is 0. The first kappa shape index (κ1) is 35.9. The molecule has 36 heavy (non-hydrogen) atoms. The lowest BCUT2D eigenvalue weighted by atomic mass is 10.0. The Hall–Kier alpha value is -0.120. The molecular weight excluding hydrogens is 442 g/mol. The van der Waals surface area contributed by atoms with Crippen molar-refractivity contribution in [3.05, 3.63) is 0 Å². The lowest BCUT2D eigenvalue weighted by Crippen LogP contribution is -2.29. The van der Waals surface area contributed by atoms with Gasteiger partial charge < -0.3 is 14.7 Å². The van der Waals surface area contributed by atoms with Gasteiger partial charge in [-0.05, 0) is 45.2 Å². The minimum atomic E-state index is 0.298. The number of aliphatic hydroxyl groups excluding tert-OH is 1. The first-order valence-corrected chi connectivity index (χ1v) is 16.7. The van der Waals surface area contributed by atoms with E-state index in [4.69, 9.17) is 4.74 Å². The van der Waals surface area contributed by atoms with Gasteiger partial charge in [0.15, 0.2) is 0 Å². The molecule has 218 valence electrons. The highest BCUT2D eigenvalue weighted by Gasteiger charge is 2.09. The normalized spacial score (nSPS) is 11.8. The van der Waals surface area contributed by atoms with Crippen LogP contribution in [-0.2, 0) is 4.74 Å². The molecule has 3 heteroatoms. The molecule has 0 unspecified atom stereocenters. The monoisotopic (exact) mass is 512 g/mol. The van der Waals surface area contributed by atoms with Crippen LogP contribution in [-0.4, -0.2) is 49.0 Å². The van der Waals surface area contributed by atoms with Gasteiger partial charge in [-0.3, -0.25) is 0 Å². The molecule has 3 nitrogen and oxygen atoms in total. The SMILES string of the molecule is CCCCCCCCC(CCCCCCCC)OCCCCCCCCN(CCO)CCCCCC. The van der Waals surface area contributed by atoms with Crippen LogP contribution in [0.5, 0.6) is 0 Å². The number of rotatable bonds is 31. The zero-order valence-corrected chi connectivity index (χ0v) is 25.4. The van der Waals surface area contributed by atoms with Crippen molar-refractivity contribution in [1.29, 1.82) is 0 Å². The molecule has 0 aromatic heterocycles. The largest absolute Gasteiger partial charge is 0.395 e. The van der Waals surface area contributed by atoms with E-state index >= 15 is 0 Å². The molecule has 0 radical (unpaired) electrons. The number of hydrogen-bond donors (Lipinski definition) is 1. The maximum atomic E-state index is 9.33. The Morgan fingerprint density at radius 2 is 0.861 bits per heavy atom. The van der Waals surface area contributed by atoms with Crippen LogP contribution in [0.2, 0.25) is 0 Å². The van der Waals surface area contributed by atoms with Crippen LogP contribution < -0.4 is 0 Å². The van der Waals surface area contributed by atoms with E-state index in [1.807, 2.05) is 0 Å². The van der Waals surface area contributed by atoms with Crippen LogP contribution in [0.4, 0.5) is 0 Å². The van der Waals surface area contributed by atoms with Crippen molar-refractivity contribution in [2.75, 3.05) is 32.8 Å². The van der Waals surface area contributed by atoms with E-state index < -0.39 is 0 Å². The van der Waals surface area contributed by atoms with Gasteiger partial charge in [0.1, 0.15) is 0 Å². The Morgan fingerprint density at radius 3 is 1.33 bits per heavy atom. The highest BCUT2D eigenvalue weighted by Crippen LogP contribution is 2.17. The summed E-state index contributed by atoms with van der Waals surface area (Å²) in [6.07, 6.45) is 32.8. The van der Waals surface area contributed by atoms with E-state index in [1.54, 1.807) is 0 Å². The highest BCUT2D eigenvalue weighted by molar-refractivity contribution is 4.61. The molecule has 1 N–H and O–H groups in total. The molecule has 0 heterocycles. The molecule has 0 aromatic carbocycles. The molecule has 0 amide bonds. The van der Waals surface area contributed by atoms with Crippen molar-refractivity contribution in [1.82, 2.24) is 4.90 Å². The van der Waals surface area contributed by atoms with E-state index in [2.05, 4.69) is 25.7 Å². The summed E-state index contributed by atoms with van der Waals surface area (Å²) in [4.78, 5) is 2.47. The van der Waals surface area contributed by atoms with E-state index in [9.17, 15) is 5.11 Å². The predicted octanol–water partition coefficient (Wildman–Crippen LogP) is 10.1. The zero-order valence-electron chi connectivity index (χ0n) is 25.4. The van der Waals surface area contributed by atoms with Gasteiger partial charge in [-0.15, -0.1) is 0 Å². The molecule has 0 aliphatic carbocycles. The molecule has 0 aromatic rings. The van der Waals surface area contributed by atoms with E-state index in [1.165, 1.54) is 154 Å². The molecule has 0 spiro atoms. The van der Waals surface area contributed by atoms with Gasteiger partial charge in [-0.2, -0.15) is 0 Å².